The third kappa shape index (κ3) is 4.36. The Labute approximate surface area is 93.7 Å². The van der Waals surface area contributed by atoms with Crippen molar-refractivity contribution in [1.82, 2.24) is 0 Å². The van der Waals surface area contributed by atoms with Gasteiger partial charge in [-0.3, -0.25) is 4.79 Å². The highest BCUT2D eigenvalue weighted by Crippen LogP contribution is 2.31. The summed E-state index contributed by atoms with van der Waals surface area (Å²) in [4.78, 5) is 10.7. The first kappa shape index (κ1) is 12.1. The Kier molecular flexibility index (Phi) is 5.21. The van der Waals surface area contributed by atoms with Gasteiger partial charge >= 0.3 is 5.97 Å². The summed E-state index contributed by atoms with van der Waals surface area (Å²) in [5.74, 6) is 0.0145. The molecule has 82 valence electrons. The number of carbonyl (C=O) groups is 1. The van der Waals surface area contributed by atoms with Crippen LogP contribution in [0.4, 0.5) is 0 Å². The van der Waals surface area contributed by atoms with E-state index in [0.29, 0.717) is 6.54 Å². The molecular formula is C11H15NO2S. The smallest absolute Gasteiger partial charge is 0.304 e. The third-order valence-corrected chi connectivity index (χ3v) is 3.28. The predicted molar refractivity (Wildman–Crippen MR) is 62.9 cm³/mol. The fraction of sp³-hybridized carbons (Fsp3) is 0.364. The highest BCUT2D eigenvalue weighted by Gasteiger charge is 2.14. The summed E-state index contributed by atoms with van der Waals surface area (Å²) in [6.45, 7) is 0.577. The van der Waals surface area contributed by atoms with Crippen molar-refractivity contribution in [3.8, 4) is 0 Å². The molecule has 1 aromatic carbocycles. The van der Waals surface area contributed by atoms with Gasteiger partial charge in [-0.15, -0.1) is 0 Å². The summed E-state index contributed by atoms with van der Waals surface area (Å²) >= 11 is 1.60. The van der Waals surface area contributed by atoms with E-state index in [1.54, 1.807) is 11.8 Å². The SMILES string of the molecule is NCCSC(CC(=O)O)c1ccccc1. The Hall–Kier alpha value is -1.00. The number of nitrogens with two attached hydrogens (primary N) is 1. The van der Waals surface area contributed by atoms with Crippen molar-refractivity contribution >= 4 is 17.7 Å². The minimum absolute atomic E-state index is 0.00671. The second kappa shape index (κ2) is 6.48. The predicted octanol–water partition coefficient (Wildman–Crippen LogP) is 1.89. The van der Waals surface area contributed by atoms with Crippen LogP contribution in [0.3, 0.4) is 0 Å². The van der Waals surface area contributed by atoms with Crippen molar-refractivity contribution in [3.63, 3.8) is 0 Å². The number of carboxylic acid groups (broad SMARTS) is 1. The van der Waals surface area contributed by atoms with Crippen LogP contribution in [0.5, 0.6) is 0 Å². The van der Waals surface area contributed by atoms with Crippen LogP contribution in [0.15, 0.2) is 30.3 Å². The molecule has 0 radical (unpaired) electrons. The fourth-order valence-corrected chi connectivity index (χ4v) is 2.34. The summed E-state index contributed by atoms with van der Waals surface area (Å²) in [6.07, 6.45) is 0.147. The summed E-state index contributed by atoms with van der Waals surface area (Å²) < 4.78 is 0. The largest absolute Gasteiger partial charge is 0.481 e. The normalized spacial score (nSPS) is 12.3. The van der Waals surface area contributed by atoms with E-state index in [2.05, 4.69) is 0 Å². The van der Waals surface area contributed by atoms with Crippen molar-refractivity contribution in [2.45, 2.75) is 11.7 Å². The molecule has 1 atom stereocenters. The number of hydrogen-bond acceptors (Lipinski definition) is 3. The quantitative estimate of drug-likeness (QED) is 0.776. The van der Waals surface area contributed by atoms with Gasteiger partial charge < -0.3 is 10.8 Å². The minimum atomic E-state index is -0.770. The van der Waals surface area contributed by atoms with Gasteiger partial charge in [-0.25, -0.2) is 0 Å². The molecule has 1 unspecified atom stereocenters. The zero-order valence-corrected chi connectivity index (χ0v) is 9.24. The highest BCUT2D eigenvalue weighted by atomic mass is 32.2. The molecule has 0 aromatic heterocycles. The molecule has 0 spiro atoms. The number of benzene rings is 1. The molecule has 1 aromatic rings. The van der Waals surface area contributed by atoms with Crippen LogP contribution in [0, 0.1) is 0 Å². The number of thioether (sulfide) groups is 1. The van der Waals surface area contributed by atoms with E-state index in [1.807, 2.05) is 30.3 Å². The van der Waals surface area contributed by atoms with Crippen LogP contribution in [-0.2, 0) is 4.79 Å². The molecule has 0 bridgehead atoms. The van der Waals surface area contributed by atoms with Gasteiger partial charge in [0.05, 0.1) is 6.42 Å². The second-order valence-electron chi connectivity index (χ2n) is 3.16. The molecule has 0 aliphatic heterocycles. The molecule has 3 nitrogen and oxygen atoms in total. The lowest BCUT2D eigenvalue weighted by atomic mass is 10.1. The van der Waals surface area contributed by atoms with Crippen LogP contribution >= 0.6 is 11.8 Å². The Bertz CT molecular complexity index is 303. The Morgan fingerprint density at radius 1 is 1.40 bits per heavy atom. The van der Waals surface area contributed by atoms with E-state index < -0.39 is 5.97 Å². The molecule has 1 rings (SSSR count). The maximum Gasteiger partial charge on any atom is 0.304 e. The lowest BCUT2D eigenvalue weighted by molar-refractivity contribution is -0.137. The van der Waals surface area contributed by atoms with Crippen LogP contribution in [0.2, 0.25) is 0 Å². The average Bonchev–Trinajstić information content (AvgIpc) is 2.25. The first-order chi connectivity index (χ1) is 7.24. The van der Waals surface area contributed by atoms with Gasteiger partial charge in [0.2, 0.25) is 0 Å². The molecule has 3 N–H and O–H groups in total. The van der Waals surface area contributed by atoms with E-state index >= 15 is 0 Å². The maximum absolute atomic E-state index is 10.7. The fourth-order valence-electron chi connectivity index (χ4n) is 1.31. The minimum Gasteiger partial charge on any atom is -0.481 e. The molecular weight excluding hydrogens is 210 g/mol. The van der Waals surface area contributed by atoms with E-state index in [-0.39, 0.29) is 11.7 Å². The van der Waals surface area contributed by atoms with Gasteiger partial charge in [0.25, 0.3) is 0 Å². The van der Waals surface area contributed by atoms with Gasteiger partial charge in [0, 0.05) is 17.5 Å². The van der Waals surface area contributed by atoms with Crippen LogP contribution in [0.1, 0.15) is 17.2 Å². The van der Waals surface area contributed by atoms with Crippen molar-refractivity contribution in [2.75, 3.05) is 12.3 Å². The van der Waals surface area contributed by atoms with Gasteiger partial charge in [0.15, 0.2) is 0 Å². The number of carboxylic acids is 1. The van der Waals surface area contributed by atoms with Crippen molar-refractivity contribution < 1.29 is 9.90 Å². The maximum atomic E-state index is 10.7. The molecule has 0 saturated carbocycles. The highest BCUT2D eigenvalue weighted by molar-refractivity contribution is 7.99. The second-order valence-corrected chi connectivity index (χ2v) is 4.47. The van der Waals surface area contributed by atoms with Crippen LogP contribution in [0.25, 0.3) is 0 Å². The third-order valence-electron chi connectivity index (χ3n) is 1.97. The Morgan fingerprint density at radius 2 is 2.07 bits per heavy atom. The molecule has 0 saturated heterocycles. The molecule has 0 amide bonds. The zero-order valence-electron chi connectivity index (χ0n) is 8.43. The van der Waals surface area contributed by atoms with Gasteiger partial charge in [-0.2, -0.15) is 11.8 Å². The molecule has 0 fully saturated rings. The van der Waals surface area contributed by atoms with Crippen molar-refractivity contribution in [1.29, 1.82) is 0 Å². The van der Waals surface area contributed by atoms with Crippen molar-refractivity contribution in [3.05, 3.63) is 35.9 Å². The number of hydrogen-bond donors (Lipinski definition) is 2. The monoisotopic (exact) mass is 225 g/mol. The summed E-state index contributed by atoms with van der Waals surface area (Å²) in [5.41, 5.74) is 6.47. The Morgan fingerprint density at radius 3 is 2.60 bits per heavy atom. The lowest BCUT2D eigenvalue weighted by Gasteiger charge is -2.14. The Balaban J connectivity index is 2.67. The van der Waals surface area contributed by atoms with Crippen LogP contribution < -0.4 is 5.73 Å². The standard InChI is InChI=1S/C11H15NO2S/c12-6-7-15-10(8-11(13)14)9-4-2-1-3-5-9/h1-5,10H,6-8,12H2,(H,13,14). The summed E-state index contributed by atoms with van der Waals surface area (Å²) in [5, 5.41) is 8.81. The topological polar surface area (TPSA) is 63.3 Å². The number of aliphatic carboxylic acids is 1. The molecule has 15 heavy (non-hydrogen) atoms. The van der Waals surface area contributed by atoms with Gasteiger partial charge in [-0.05, 0) is 5.56 Å². The molecule has 4 heteroatoms. The average molecular weight is 225 g/mol. The molecule has 0 heterocycles. The van der Waals surface area contributed by atoms with Gasteiger partial charge in [-0.1, -0.05) is 30.3 Å². The van der Waals surface area contributed by atoms with E-state index in [4.69, 9.17) is 10.8 Å². The van der Waals surface area contributed by atoms with Crippen LogP contribution in [-0.4, -0.2) is 23.4 Å². The lowest BCUT2D eigenvalue weighted by Crippen LogP contribution is -2.07. The number of rotatable bonds is 6. The van der Waals surface area contributed by atoms with E-state index in [9.17, 15) is 4.79 Å². The summed E-state index contributed by atoms with van der Waals surface area (Å²) in [6, 6.07) is 9.68. The van der Waals surface area contributed by atoms with E-state index in [1.165, 1.54) is 0 Å². The summed E-state index contributed by atoms with van der Waals surface area (Å²) in [7, 11) is 0. The first-order valence-electron chi connectivity index (χ1n) is 4.82. The van der Waals surface area contributed by atoms with E-state index in [0.717, 1.165) is 11.3 Å². The van der Waals surface area contributed by atoms with Crippen molar-refractivity contribution in [2.24, 2.45) is 5.73 Å². The zero-order chi connectivity index (χ0) is 11.1. The first-order valence-corrected chi connectivity index (χ1v) is 5.87. The molecule has 0 aliphatic carbocycles. The molecule has 0 aliphatic rings. The van der Waals surface area contributed by atoms with Gasteiger partial charge in [0.1, 0.15) is 0 Å².